The molecule has 0 amide bonds. The first kappa shape index (κ1) is 21.4. The molecule has 35 heavy (non-hydrogen) atoms. The third-order valence-electron chi connectivity index (χ3n) is 5.91. The maximum Gasteiger partial charge on any atom is 0.202 e. The third kappa shape index (κ3) is 3.82. The number of carbonyl (C=O) groups is 1. The smallest absolute Gasteiger partial charge is 0.202 e. The van der Waals surface area contributed by atoms with Gasteiger partial charge in [-0.05, 0) is 29.8 Å². The van der Waals surface area contributed by atoms with Crippen molar-refractivity contribution in [2.45, 2.75) is 24.4 Å². The van der Waals surface area contributed by atoms with Gasteiger partial charge in [-0.25, -0.2) is 0 Å². The van der Waals surface area contributed by atoms with Crippen LogP contribution >= 0.6 is 0 Å². The first-order valence-corrected chi connectivity index (χ1v) is 10.6. The minimum absolute atomic E-state index is 0.0888. The predicted molar refractivity (Wildman–Crippen MR) is 119 cm³/mol. The van der Waals surface area contributed by atoms with Crippen LogP contribution in [0.4, 0.5) is 0 Å². The van der Waals surface area contributed by atoms with Crippen LogP contribution in [0.25, 0.3) is 0 Å². The summed E-state index contributed by atoms with van der Waals surface area (Å²) in [6.07, 6.45) is -4.93. The Morgan fingerprint density at radius 3 is 2.34 bits per heavy atom. The van der Waals surface area contributed by atoms with E-state index >= 15 is 0 Å². The van der Waals surface area contributed by atoms with Crippen molar-refractivity contribution in [3.05, 3.63) is 65.2 Å². The van der Waals surface area contributed by atoms with Gasteiger partial charge in [-0.3, -0.25) is 4.79 Å². The van der Waals surface area contributed by atoms with E-state index in [4.69, 9.17) is 20.3 Å². The van der Waals surface area contributed by atoms with Crippen molar-refractivity contribution in [2.24, 2.45) is 0 Å². The highest BCUT2D eigenvalue weighted by atomic mass is 16.6. The molecule has 2 heterocycles. The molecule has 3 aromatic carbocycles. The number of Topliss-reactive ketones (excluding diaryl/α,β-unsaturated/α-hetero) is 1. The van der Waals surface area contributed by atoms with Gasteiger partial charge in [0.1, 0.15) is 22.8 Å². The largest absolute Gasteiger partial charge is 0.508 e. The van der Waals surface area contributed by atoms with Crippen molar-refractivity contribution in [2.75, 3.05) is 13.7 Å². The molecule has 2 aliphatic rings. The van der Waals surface area contributed by atoms with Crippen LogP contribution in [0.3, 0.4) is 0 Å². The summed E-state index contributed by atoms with van der Waals surface area (Å²) in [4.78, 5) is 12.8. The number of rotatable bonds is 4. The second-order valence-corrected chi connectivity index (χ2v) is 8.09. The zero-order valence-corrected chi connectivity index (χ0v) is 18.3. The highest BCUT2D eigenvalue weighted by Crippen LogP contribution is 2.45. The van der Waals surface area contributed by atoms with Gasteiger partial charge in [-0.15, -0.1) is 0 Å². The Bertz CT molecular complexity index is 1340. The van der Waals surface area contributed by atoms with E-state index in [-0.39, 0.29) is 40.1 Å². The molecule has 0 aromatic heterocycles. The van der Waals surface area contributed by atoms with Crippen molar-refractivity contribution < 1.29 is 50.6 Å². The maximum atomic E-state index is 12.8. The fourth-order valence-corrected chi connectivity index (χ4v) is 4.21. The zero-order valence-electron chi connectivity index (χ0n) is 19.3. The molecule has 0 spiro atoms. The van der Waals surface area contributed by atoms with Gasteiger partial charge in [0.05, 0.1) is 15.1 Å². The average molecular weight is 484 g/mol. The summed E-state index contributed by atoms with van der Waals surface area (Å²) in [6, 6.07) is 11.1. The molecule has 5 atom stereocenters. The first-order valence-electron chi connectivity index (χ1n) is 11.1. The predicted octanol–water partition coefficient (Wildman–Crippen LogP) is 2.36. The highest BCUT2D eigenvalue weighted by Gasteiger charge is 2.40. The number of ether oxygens (including phenoxy) is 4. The number of fused-ring (bicyclic) bond motifs is 2. The number of methoxy groups -OCH3 is 1. The van der Waals surface area contributed by atoms with Gasteiger partial charge >= 0.3 is 0 Å². The summed E-state index contributed by atoms with van der Waals surface area (Å²) < 4.78 is 30.7. The van der Waals surface area contributed by atoms with Gasteiger partial charge < -0.3 is 44.5 Å². The molecule has 0 aliphatic carbocycles. The van der Waals surface area contributed by atoms with Crippen LogP contribution in [0.5, 0.6) is 40.2 Å². The Morgan fingerprint density at radius 1 is 0.886 bits per heavy atom. The Morgan fingerprint density at radius 2 is 1.60 bits per heavy atom. The number of benzene rings is 3. The number of phenolic OH excluding ortho intramolecular Hbond substituents is 3. The number of aliphatic hydroxyl groups excluding tert-OH is 2. The van der Waals surface area contributed by atoms with E-state index in [1.54, 1.807) is 6.07 Å². The highest BCUT2D eigenvalue weighted by molar-refractivity contribution is 6.05. The fraction of sp³-hybridized carbons (Fsp3) is 0.240. The van der Waals surface area contributed by atoms with Crippen LogP contribution in [-0.4, -0.2) is 57.2 Å². The molecule has 0 saturated heterocycles. The topological polar surface area (TPSA) is 155 Å². The lowest BCUT2D eigenvalue weighted by molar-refractivity contribution is -0.0130. The number of hydrogen-bond donors (Lipinski definition) is 5. The van der Waals surface area contributed by atoms with Gasteiger partial charge in [0.25, 0.3) is 0 Å². The van der Waals surface area contributed by atoms with E-state index in [0.717, 1.165) is 6.07 Å². The number of aliphatic hydroxyl groups is 2. The van der Waals surface area contributed by atoms with E-state index < -0.39 is 42.5 Å². The molecule has 10 nitrogen and oxygen atoms in total. The van der Waals surface area contributed by atoms with Crippen LogP contribution < -0.4 is 18.9 Å². The Balaban J connectivity index is 1.51. The third-order valence-corrected chi connectivity index (χ3v) is 5.91. The average Bonchev–Trinajstić information content (AvgIpc) is 2.84. The molecule has 0 saturated carbocycles. The number of hydrogen-bond acceptors (Lipinski definition) is 10. The zero-order chi connectivity index (χ0) is 25.7. The lowest BCUT2D eigenvalue weighted by Crippen LogP contribution is -2.37. The van der Waals surface area contributed by atoms with Gasteiger partial charge in [-0.2, -0.15) is 0 Å². The standard InChI is InChI=1S/C25H22O10/c1-32-17-6-11(2-4-14(17)28)24-20(10-26)33-16-5-3-12(7-18(16)34-24)25-23(31)22(30)21-15(29)8-13(27)9-19(21)35-25/h2-9,20,23-29,31H,10H2,1H3/t20?,23-,24?,25+/m0/s1/i10T/t10?,20?,23-,24?,25+. The summed E-state index contributed by atoms with van der Waals surface area (Å²) in [5.41, 5.74) is 0.558. The number of carbonyl (C=O) groups excluding carboxylic acids is 1. The molecular formula is C25H22O10. The van der Waals surface area contributed by atoms with Crippen molar-refractivity contribution >= 4 is 5.78 Å². The molecule has 10 heteroatoms. The van der Waals surface area contributed by atoms with Crippen molar-refractivity contribution in [1.29, 1.82) is 0 Å². The molecule has 2 aliphatic heterocycles. The monoisotopic (exact) mass is 484 g/mol. The van der Waals surface area contributed by atoms with Crippen molar-refractivity contribution in [3.63, 3.8) is 0 Å². The summed E-state index contributed by atoms with van der Waals surface area (Å²) in [6.45, 7) is -1.67. The lowest BCUT2D eigenvalue weighted by Gasteiger charge is -2.35. The van der Waals surface area contributed by atoms with E-state index in [0.29, 0.717) is 11.1 Å². The fourth-order valence-electron chi connectivity index (χ4n) is 4.21. The van der Waals surface area contributed by atoms with Crippen LogP contribution in [0, 0.1) is 0 Å². The van der Waals surface area contributed by atoms with E-state index in [1.807, 2.05) is 0 Å². The molecule has 5 rings (SSSR count). The van der Waals surface area contributed by atoms with Crippen molar-refractivity contribution in [3.8, 4) is 40.2 Å². The second kappa shape index (κ2) is 8.57. The minimum atomic E-state index is -1.67. The molecule has 0 radical (unpaired) electrons. The molecule has 3 aromatic rings. The molecule has 5 N–H and O–H groups in total. The first-order chi connectivity index (χ1) is 17.2. The van der Waals surface area contributed by atoms with Crippen LogP contribution in [0.2, 0.25) is 0 Å². The number of ketones is 1. The van der Waals surface area contributed by atoms with Crippen molar-refractivity contribution in [1.82, 2.24) is 0 Å². The van der Waals surface area contributed by atoms with Crippen LogP contribution in [0.1, 0.15) is 35.1 Å². The molecule has 0 bridgehead atoms. The Kier molecular flexibility index (Phi) is 5.24. The summed E-state index contributed by atoms with van der Waals surface area (Å²) in [5, 5.41) is 50.4. The van der Waals surface area contributed by atoms with E-state index in [9.17, 15) is 30.3 Å². The minimum Gasteiger partial charge on any atom is -0.508 e. The summed E-state index contributed by atoms with van der Waals surface area (Å²) >= 11 is 0. The van der Waals surface area contributed by atoms with E-state index in [2.05, 4.69) is 0 Å². The van der Waals surface area contributed by atoms with Gasteiger partial charge in [0.2, 0.25) is 5.78 Å². The Labute approximate surface area is 200 Å². The van der Waals surface area contributed by atoms with Gasteiger partial charge in [-0.1, -0.05) is 12.1 Å². The molecule has 3 unspecified atom stereocenters. The second-order valence-electron chi connectivity index (χ2n) is 8.09. The Hall–Kier alpha value is -4.15. The summed E-state index contributed by atoms with van der Waals surface area (Å²) in [5.74, 6) is -1.23. The van der Waals surface area contributed by atoms with Gasteiger partial charge in [0.15, 0.2) is 47.4 Å². The SMILES string of the molecule is [3H]C(O)C1Oc2ccc([C@H]3Oc4cc(O)cc(O)c4C(=O)[C@@H]3O)cc2OC1c1ccc(O)c(OC)c1. The van der Waals surface area contributed by atoms with Crippen LogP contribution in [0.15, 0.2) is 48.5 Å². The molecule has 0 fully saturated rings. The quantitative estimate of drug-likeness (QED) is 0.373. The van der Waals surface area contributed by atoms with Crippen LogP contribution in [-0.2, 0) is 0 Å². The lowest BCUT2D eigenvalue weighted by atomic mass is 9.92. The normalized spacial score (nSPS) is 24.1. The van der Waals surface area contributed by atoms with E-state index in [1.165, 1.54) is 43.5 Å². The molecular weight excluding hydrogens is 460 g/mol. The molecule has 182 valence electrons. The number of aromatic hydroxyl groups is 3. The maximum absolute atomic E-state index is 12.8. The summed E-state index contributed by atoms with van der Waals surface area (Å²) in [7, 11) is 1.38. The number of phenols is 3. The van der Waals surface area contributed by atoms with Gasteiger partial charge in [0, 0.05) is 17.7 Å².